The number of esters is 4. The van der Waals surface area contributed by atoms with Crippen LogP contribution in [0.1, 0.15) is 66.6 Å². The fraction of sp³-hybridized carbons (Fsp3) is 0.235. The predicted octanol–water partition coefficient (Wildman–Crippen LogP) is 4.80. The maximum absolute atomic E-state index is 15.3. The van der Waals surface area contributed by atoms with Crippen LogP contribution in [0.5, 0.6) is 0 Å². The summed E-state index contributed by atoms with van der Waals surface area (Å²) in [6.45, 7) is 0.863. The van der Waals surface area contributed by atoms with E-state index >= 15 is 4.39 Å². The Morgan fingerprint density at radius 1 is 0.894 bits per heavy atom. The zero-order valence-corrected chi connectivity index (χ0v) is 25.1. The Hall–Kier alpha value is -5.87. The van der Waals surface area contributed by atoms with Crippen molar-refractivity contribution >= 4 is 23.9 Å². The van der Waals surface area contributed by atoms with Crippen molar-refractivity contribution < 1.29 is 47.3 Å². The highest BCUT2D eigenvalue weighted by atomic mass is 19.1. The van der Waals surface area contributed by atoms with Gasteiger partial charge in [-0.3, -0.25) is 4.57 Å². The first kappa shape index (κ1) is 32.5. The molecule has 0 bridgehead atoms. The van der Waals surface area contributed by atoms with Crippen LogP contribution >= 0.6 is 0 Å². The van der Waals surface area contributed by atoms with Crippen molar-refractivity contribution in [2.24, 2.45) is 0 Å². The monoisotopic (exact) mass is 641 g/mol. The van der Waals surface area contributed by atoms with Crippen LogP contribution in [0.4, 0.5) is 4.39 Å². The van der Waals surface area contributed by atoms with Crippen LogP contribution in [-0.4, -0.2) is 65.0 Å². The number of nitriles is 1. The molecule has 1 aliphatic heterocycles. The fourth-order valence-electron chi connectivity index (χ4n) is 5.18. The second kappa shape index (κ2) is 14.1. The lowest BCUT2D eigenvalue weighted by molar-refractivity contribution is -0.111. The first-order valence-electron chi connectivity index (χ1n) is 14.3. The topological polar surface area (TPSA) is 156 Å². The van der Waals surface area contributed by atoms with Crippen molar-refractivity contribution in [3.8, 4) is 6.07 Å². The molecular formula is C34H28FN3O9. The number of hydrogen-bond acceptors (Lipinski definition) is 11. The molecule has 5 rings (SSSR count). The van der Waals surface area contributed by atoms with E-state index < -0.39 is 72.1 Å². The molecule has 0 N–H and O–H groups in total. The Bertz CT molecular complexity index is 1790. The van der Waals surface area contributed by atoms with Crippen molar-refractivity contribution in [1.82, 2.24) is 9.55 Å². The number of methoxy groups -OCH3 is 1. The molecule has 1 fully saturated rings. The number of carbonyl (C=O) groups excluding carboxylic acids is 4. The van der Waals surface area contributed by atoms with E-state index in [4.69, 9.17) is 23.7 Å². The second-order valence-electron chi connectivity index (χ2n) is 10.5. The smallest absolute Gasteiger partial charge is 0.358 e. The number of nitrogens with zero attached hydrogens (tertiary/aromatic N) is 3. The van der Waals surface area contributed by atoms with Gasteiger partial charge in [-0.25, -0.2) is 28.6 Å². The third-order valence-corrected chi connectivity index (χ3v) is 7.47. The summed E-state index contributed by atoms with van der Waals surface area (Å²) in [5.74, 6) is -3.46. The average molecular weight is 642 g/mol. The maximum Gasteiger partial charge on any atom is 0.358 e. The van der Waals surface area contributed by atoms with E-state index in [2.05, 4.69) is 4.98 Å². The fourth-order valence-corrected chi connectivity index (χ4v) is 5.18. The van der Waals surface area contributed by atoms with Gasteiger partial charge in [-0.1, -0.05) is 54.6 Å². The van der Waals surface area contributed by atoms with Gasteiger partial charge in [0.1, 0.15) is 24.5 Å². The third-order valence-electron chi connectivity index (χ3n) is 7.47. The molecule has 12 nitrogen and oxygen atoms in total. The van der Waals surface area contributed by atoms with Gasteiger partial charge in [0.05, 0.1) is 30.1 Å². The van der Waals surface area contributed by atoms with Gasteiger partial charge in [-0.15, -0.1) is 0 Å². The minimum atomic E-state index is -2.41. The summed E-state index contributed by atoms with van der Waals surface area (Å²) in [5.41, 5.74) is -2.58. The van der Waals surface area contributed by atoms with Crippen molar-refractivity contribution in [3.63, 3.8) is 0 Å². The second-order valence-corrected chi connectivity index (χ2v) is 10.5. The van der Waals surface area contributed by atoms with Crippen molar-refractivity contribution in [2.75, 3.05) is 13.7 Å². The van der Waals surface area contributed by atoms with Gasteiger partial charge in [0.25, 0.3) is 0 Å². The summed E-state index contributed by atoms with van der Waals surface area (Å²) in [6, 6.07) is 25.3. The van der Waals surface area contributed by atoms with Crippen LogP contribution in [0.15, 0.2) is 97.3 Å². The number of alkyl halides is 1. The van der Waals surface area contributed by atoms with E-state index in [1.54, 1.807) is 54.6 Å². The molecule has 47 heavy (non-hydrogen) atoms. The molecule has 0 aliphatic carbocycles. The van der Waals surface area contributed by atoms with Crippen LogP contribution in [0.25, 0.3) is 0 Å². The Labute approximate surface area is 268 Å². The number of halogens is 1. The van der Waals surface area contributed by atoms with Crippen LogP contribution in [-0.2, 0) is 23.7 Å². The lowest BCUT2D eigenvalue weighted by Crippen LogP contribution is -2.50. The van der Waals surface area contributed by atoms with Crippen LogP contribution in [0.2, 0.25) is 0 Å². The van der Waals surface area contributed by atoms with Gasteiger partial charge in [0.15, 0.2) is 23.6 Å². The number of rotatable bonds is 10. The van der Waals surface area contributed by atoms with E-state index in [-0.39, 0.29) is 16.7 Å². The Morgan fingerprint density at radius 3 is 1.96 bits per heavy atom. The molecule has 4 aromatic rings. The summed E-state index contributed by atoms with van der Waals surface area (Å²) in [6.07, 6.45) is -5.78. The van der Waals surface area contributed by atoms with Gasteiger partial charge >= 0.3 is 23.9 Å². The lowest BCUT2D eigenvalue weighted by atomic mass is 9.94. The van der Waals surface area contributed by atoms with E-state index in [0.29, 0.717) is 0 Å². The van der Waals surface area contributed by atoms with Crippen LogP contribution in [0, 0.1) is 11.3 Å². The van der Waals surface area contributed by atoms with Gasteiger partial charge in [-0.05, 0) is 43.3 Å². The highest BCUT2D eigenvalue weighted by molar-refractivity contribution is 5.91. The van der Waals surface area contributed by atoms with Crippen molar-refractivity contribution in [3.05, 3.63) is 125 Å². The van der Waals surface area contributed by atoms with E-state index in [9.17, 15) is 24.4 Å². The van der Waals surface area contributed by atoms with Crippen molar-refractivity contribution in [2.45, 2.75) is 37.1 Å². The molecule has 1 saturated heterocycles. The van der Waals surface area contributed by atoms with E-state index in [1.807, 2.05) is 0 Å². The number of aromatic nitrogens is 2. The van der Waals surface area contributed by atoms with E-state index in [0.717, 1.165) is 18.0 Å². The zero-order valence-electron chi connectivity index (χ0n) is 25.1. The average Bonchev–Trinajstić information content (AvgIpc) is 3.66. The molecular weight excluding hydrogens is 613 g/mol. The zero-order chi connectivity index (χ0) is 33.6. The normalized spacial score (nSPS) is 20.8. The molecule has 0 saturated carbocycles. The Morgan fingerprint density at radius 2 is 1.43 bits per heavy atom. The molecule has 0 radical (unpaired) electrons. The first-order chi connectivity index (χ1) is 22.7. The molecule has 0 spiro atoms. The number of carbonyl (C=O) groups is 4. The first-order valence-corrected chi connectivity index (χ1v) is 14.3. The predicted molar refractivity (Wildman–Crippen MR) is 160 cm³/mol. The number of imidazole rings is 1. The molecule has 0 amide bonds. The SMILES string of the molecule is COC(=O)c1ncn([C@@H]2O[C@H](COC(=O)c3ccccc3)[C@@H](OC(=O)c3ccccc3)[C@@]2(C)OC(=O)c2ccccc2)c1C(F)C#N. The highest BCUT2D eigenvalue weighted by Crippen LogP contribution is 2.45. The van der Waals surface area contributed by atoms with Gasteiger partial charge in [0, 0.05) is 0 Å². The summed E-state index contributed by atoms with van der Waals surface area (Å²) >= 11 is 0. The standard InChI is InChI=1S/C34H28FN3O9/c1-34(47-31(41)23-16-10-5-11-17-23)28(46-30(40)22-14-8-4-9-15-22)25(19-44-29(39)21-12-6-3-7-13-21)45-33(34)38-20-37-26(32(42)43-2)27(38)24(35)18-36/h3-17,20,24-25,28,33H,19H2,1-2H3/t24?,25-,28-,33-,34-/m1/s1. The van der Waals surface area contributed by atoms with Gasteiger partial charge < -0.3 is 23.7 Å². The number of ether oxygens (including phenoxy) is 5. The Balaban J connectivity index is 1.61. The molecule has 5 atom stereocenters. The lowest BCUT2D eigenvalue weighted by Gasteiger charge is -2.35. The Kier molecular flexibility index (Phi) is 9.72. The van der Waals surface area contributed by atoms with Crippen molar-refractivity contribution in [1.29, 1.82) is 5.26 Å². The largest absolute Gasteiger partial charge is 0.464 e. The molecule has 1 aliphatic rings. The molecule has 240 valence electrons. The summed E-state index contributed by atoms with van der Waals surface area (Å²) in [7, 11) is 1.05. The molecule has 3 aromatic carbocycles. The van der Waals surface area contributed by atoms with Gasteiger partial charge in [0.2, 0.25) is 6.17 Å². The van der Waals surface area contributed by atoms with Crippen LogP contribution in [0.3, 0.4) is 0 Å². The summed E-state index contributed by atoms with van der Waals surface area (Å²) < 4.78 is 44.8. The highest BCUT2D eigenvalue weighted by Gasteiger charge is 2.61. The van der Waals surface area contributed by atoms with Crippen LogP contribution < -0.4 is 0 Å². The molecule has 1 unspecified atom stereocenters. The number of benzene rings is 3. The van der Waals surface area contributed by atoms with Gasteiger partial charge in [-0.2, -0.15) is 5.26 Å². The quantitative estimate of drug-likeness (QED) is 0.173. The summed E-state index contributed by atoms with van der Waals surface area (Å²) in [5, 5.41) is 9.51. The molecule has 1 aromatic heterocycles. The third kappa shape index (κ3) is 6.73. The number of hydrogen-bond donors (Lipinski definition) is 0. The molecule has 2 heterocycles. The molecule has 13 heteroatoms. The maximum atomic E-state index is 15.3. The minimum absolute atomic E-state index is 0.126. The minimum Gasteiger partial charge on any atom is -0.464 e. The summed E-state index contributed by atoms with van der Waals surface area (Å²) in [4.78, 5) is 56.4. The van der Waals surface area contributed by atoms with E-state index in [1.165, 1.54) is 49.4 Å².